The van der Waals surface area contributed by atoms with E-state index in [-0.39, 0.29) is 5.92 Å². The lowest BCUT2D eigenvalue weighted by atomic mass is 10.2. The number of nitrogen functional groups attached to an aromatic ring is 1. The molecule has 2 aromatic rings. The molecule has 2 heterocycles. The van der Waals surface area contributed by atoms with Crippen LogP contribution in [-0.4, -0.2) is 26.6 Å². The predicted molar refractivity (Wildman–Crippen MR) is 80.6 cm³/mol. The normalized spacial score (nSPS) is 11.1. The Morgan fingerprint density at radius 3 is 2.60 bits per heavy atom. The van der Waals surface area contributed by atoms with Gasteiger partial charge in [0.15, 0.2) is 0 Å². The molecule has 0 bridgehead atoms. The van der Waals surface area contributed by atoms with Crippen LogP contribution in [0.4, 0.5) is 11.6 Å². The molecule has 6 heteroatoms. The monoisotopic (exact) mass is 274 g/mol. The first-order valence-corrected chi connectivity index (χ1v) is 6.71. The number of imidazole rings is 1. The first-order valence-electron chi connectivity index (χ1n) is 6.71. The third-order valence-electron chi connectivity index (χ3n) is 3.35. The fourth-order valence-electron chi connectivity index (χ4n) is 2.00. The molecule has 0 aliphatic heterocycles. The van der Waals surface area contributed by atoms with Crippen LogP contribution in [0.1, 0.15) is 37.0 Å². The molecule has 0 spiro atoms. The number of anilines is 2. The van der Waals surface area contributed by atoms with E-state index in [9.17, 15) is 0 Å². The summed E-state index contributed by atoms with van der Waals surface area (Å²) in [6.45, 7) is 6.75. The fraction of sp³-hybridized carbons (Fsp3) is 0.500. The Kier molecular flexibility index (Phi) is 3.92. The van der Waals surface area contributed by atoms with Gasteiger partial charge in [-0.05, 0) is 6.92 Å². The summed E-state index contributed by atoms with van der Waals surface area (Å²) >= 11 is 0. The van der Waals surface area contributed by atoms with Crippen molar-refractivity contribution in [3.05, 3.63) is 29.6 Å². The molecule has 2 rings (SSSR count). The average Bonchev–Trinajstić information content (AvgIpc) is 2.77. The SMILES string of the molecule is Cc1c(N)nc(C(C)C)nc1N(C)Cc1nccn1C. The van der Waals surface area contributed by atoms with Crippen LogP contribution < -0.4 is 10.6 Å². The highest BCUT2D eigenvalue weighted by atomic mass is 15.2. The molecule has 0 fully saturated rings. The molecule has 20 heavy (non-hydrogen) atoms. The molecule has 0 atom stereocenters. The number of nitrogens with zero attached hydrogens (tertiary/aromatic N) is 5. The molecule has 0 aromatic carbocycles. The highest BCUT2D eigenvalue weighted by Gasteiger charge is 2.15. The summed E-state index contributed by atoms with van der Waals surface area (Å²) in [6, 6.07) is 0. The van der Waals surface area contributed by atoms with Crippen LogP contribution in [0.15, 0.2) is 12.4 Å². The minimum Gasteiger partial charge on any atom is -0.383 e. The van der Waals surface area contributed by atoms with Gasteiger partial charge in [-0.25, -0.2) is 15.0 Å². The molecular weight excluding hydrogens is 252 g/mol. The van der Waals surface area contributed by atoms with E-state index in [4.69, 9.17) is 5.73 Å². The predicted octanol–water partition coefficient (Wildman–Crippen LogP) is 1.86. The van der Waals surface area contributed by atoms with Crippen molar-refractivity contribution in [1.29, 1.82) is 0 Å². The minimum atomic E-state index is 0.248. The summed E-state index contributed by atoms with van der Waals surface area (Å²) < 4.78 is 2.00. The number of aryl methyl sites for hydroxylation is 1. The van der Waals surface area contributed by atoms with Gasteiger partial charge in [0.1, 0.15) is 23.3 Å². The molecule has 0 saturated heterocycles. The van der Waals surface area contributed by atoms with Crippen LogP contribution in [0.3, 0.4) is 0 Å². The Morgan fingerprint density at radius 1 is 1.35 bits per heavy atom. The number of nitrogens with two attached hydrogens (primary N) is 1. The van der Waals surface area contributed by atoms with Crippen molar-refractivity contribution in [3.63, 3.8) is 0 Å². The molecule has 0 amide bonds. The van der Waals surface area contributed by atoms with Gasteiger partial charge in [-0.15, -0.1) is 0 Å². The number of hydrogen-bond acceptors (Lipinski definition) is 5. The van der Waals surface area contributed by atoms with Gasteiger partial charge in [0, 0.05) is 38.0 Å². The average molecular weight is 274 g/mol. The maximum atomic E-state index is 6.00. The van der Waals surface area contributed by atoms with Crippen molar-refractivity contribution in [2.75, 3.05) is 17.7 Å². The number of hydrogen-bond donors (Lipinski definition) is 1. The van der Waals surface area contributed by atoms with Gasteiger partial charge >= 0.3 is 0 Å². The first kappa shape index (κ1) is 14.3. The Hall–Kier alpha value is -2.11. The summed E-state index contributed by atoms with van der Waals surface area (Å²) in [4.78, 5) is 15.4. The zero-order valence-electron chi connectivity index (χ0n) is 12.8. The van der Waals surface area contributed by atoms with Gasteiger partial charge in [-0.3, -0.25) is 0 Å². The smallest absolute Gasteiger partial charge is 0.137 e. The van der Waals surface area contributed by atoms with E-state index in [0.29, 0.717) is 12.4 Å². The zero-order valence-corrected chi connectivity index (χ0v) is 12.8. The van der Waals surface area contributed by atoms with Crippen LogP contribution >= 0.6 is 0 Å². The Balaban J connectivity index is 2.33. The maximum Gasteiger partial charge on any atom is 0.137 e. The van der Waals surface area contributed by atoms with E-state index in [1.54, 1.807) is 6.20 Å². The lowest BCUT2D eigenvalue weighted by molar-refractivity contribution is 0.732. The third-order valence-corrected chi connectivity index (χ3v) is 3.35. The number of aromatic nitrogens is 4. The van der Waals surface area contributed by atoms with Crippen molar-refractivity contribution in [2.24, 2.45) is 7.05 Å². The minimum absolute atomic E-state index is 0.248. The second-order valence-corrected chi connectivity index (χ2v) is 5.38. The summed E-state index contributed by atoms with van der Waals surface area (Å²) in [7, 11) is 3.98. The second kappa shape index (κ2) is 5.48. The van der Waals surface area contributed by atoms with E-state index in [2.05, 4.69) is 33.7 Å². The summed E-state index contributed by atoms with van der Waals surface area (Å²) in [5.74, 6) is 3.41. The van der Waals surface area contributed by atoms with Gasteiger partial charge < -0.3 is 15.2 Å². The van der Waals surface area contributed by atoms with Crippen molar-refractivity contribution < 1.29 is 0 Å². The molecule has 108 valence electrons. The fourth-order valence-corrected chi connectivity index (χ4v) is 2.00. The Labute approximate surface area is 119 Å². The second-order valence-electron chi connectivity index (χ2n) is 5.38. The maximum absolute atomic E-state index is 6.00. The zero-order chi connectivity index (χ0) is 14.9. The molecule has 0 radical (unpaired) electrons. The molecule has 0 saturated carbocycles. The Morgan fingerprint density at radius 2 is 2.05 bits per heavy atom. The topological polar surface area (TPSA) is 72.9 Å². The van der Waals surface area contributed by atoms with Crippen LogP contribution in [0.5, 0.6) is 0 Å². The molecule has 2 aromatic heterocycles. The Bertz CT molecular complexity index is 602. The molecule has 2 N–H and O–H groups in total. The summed E-state index contributed by atoms with van der Waals surface area (Å²) in [5.41, 5.74) is 6.91. The van der Waals surface area contributed by atoms with Crippen LogP contribution in [0.25, 0.3) is 0 Å². The lowest BCUT2D eigenvalue weighted by Crippen LogP contribution is -2.22. The van der Waals surface area contributed by atoms with Crippen molar-refractivity contribution in [1.82, 2.24) is 19.5 Å². The van der Waals surface area contributed by atoms with Crippen LogP contribution in [-0.2, 0) is 13.6 Å². The van der Waals surface area contributed by atoms with Crippen LogP contribution in [0.2, 0.25) is 0 Å². The molecule has 0 aliphatic carbocycles. The number of rotatable bonds is 4. The molecule has 0 unspecified atom stereocenters. The van der Waals surface area contributed by atoms with E-state index < -0.39 is 0 Å². The van der Waals surface area contributed by atoms with Crippen molar-refractivity contribution in [2.45, 2.75) is 33.2 Å². The standard InChI is InChI=1S/C14H22N6/c1-9(2)13-17-12(15)10(3)14(18-13)20(5)8-11-16-6-7-19(11)4/h6-7,9H,8H2,1-5H3,(H2,15,17,18). The quantitative estimate of drug-likeness (QED) is 0.921. The van der Waals surface area contributed by atoms with Crippen molar-refractivity contribution in [3.8, 4) is 0 Å². The van der Waals surface area contributed by atoms with Crippen molar-refractivity contribution >= 4 is 11.6 Å². The summed E-state index contributed by atoms with van der Waals surface area (Å²) in [5, 5.41) is 0. The van der Waals surface area contributed by atoms with Gasteiger partial charge in [0.2, 0.25) is 0 Å². The van der Waals surface area contributed by atoms with E-state index >= 15 is 0 Å². The first-order chi connectivity index (χ1) is 9.40. The van der Waals surface area contributed by atoms with E-state index in [1.165, 1.54) is 0 Å². The summed E-state index contributed by atoms with van der Waals surface area (Å²) in [6.07, 6.45) is 3.73. The molecule has 0 aliphatic rings. The van der Waals surface area contributed by atoms with Gasteiger partial charge in [0.05, 0.1) is 6.54 Å². The van der Waals surface area contributed by atoms with E-state index in [1.807, 2.05) is 31.8 Å². The highest BCUT2D eigenvalue weighted by molar-refractivity contribution is 5.56. The van der Waals surface area contributed by atoms with Gasteiger partial charge in [-0.2, -0.15) is 0 Å². The largest absolute Gasteiger partial charge is 0.383 e. The van der Waals surface area contributed by atoms with E-state index in [0.717, 1.165) is 23.0 Å². The molecular formula is C14H22N6. The van der Waals surface area contributed by atoms with Gasteiger partial charge in [0.25, 0.3) is 0 Å². The van der Waals surface area contributed by atoms with Crippen LogP contribution in [0, 0.1) is 6.92 Å². The third kappa shape index (κ3) is 2.74. The molecule has 6 nitrogen and oxygen atoms in total. The highest BCUT2D eigenvalue weighted by Crippen LogP contribution is 2.24. The van der Waals surface area contributed by atoms with Gasteiger partial charge in [-0.1, -0.05) is 13.8 Å². The lowest BCUT2D eigenvalue weighted by Gasteiger charge is -2.21.